The lowest BCUT2D eigenvalue weighted by Crippen LogP contribution is -2.47. The number of nitrogens with zero attached hydrogens (tertiary/aromatic N) is 4. The smallest absolute Gasteiger partial charge is 0.191 e. The van der Waals surface area contributed by atoms with E-state index in [1.54, 1.807) is 12.6 Å². The van der Waals surface area contributed by atoms with E-state index < -0.39 is 0 Å². The van der Waals surface area contributed by atoms with Crippen molar-refractivity contribution in [2.24, 2.45) is 4.99 Å². The van der Waals surface area contributed by atoms with Gasteiger partial charge in [0.1, 0.15) is 17.9 Å². The van der Waals surface area contributed by atoms with Crippen molar-refractivity contribution in [1.29, 1.82) is 0 Å². The summed E-state index contributed by atoms with van der Waals surface area (Å²) in [6.45, 7) is 2.32. The average molecular weight is 506 g/mol. The monoisotopic (exact) mass is 506 g/mol. The van der Waals surface area contributed by atoms with Crippen LogP contribution in [0.25, 0.3) is 0 Å². The minimum atomic E-state index is 0. The molecule has 1 aromatic carbocycles. The molecule has 3 aromatic rings. The summed E-state index contributed by atoms with van der Waals surface area (Å²) in [6.07, 6.45) is 7.04. The maximum absolute atomic E-state index is 5.41. The fourth-order valence-corrected chi connectivity index (χ4v) is 3.40. The van der Waals surface area contributed by atoms with Crippen molar-refractivity contribution in [2.45, 2.75) is 38.3 Å². The van der Waals surface area contributed by atoms with Gasteiger partial charge < -0.3 is 15.1 Å². The summed E-state index contributed by atoms with van der Waals surface area (Å²) in [6, 6.07) is 14.7. The molecule has 4 rings (SSSR count). The molecule has 0 amide bonds. The van der Waals surface area contributed by atoms with Crippen LogP contribution in [0.15, 0.2) is 64.5 Å². The van der Waals surface area contributed by atoms with Crippen molar-refractivity contribution >= 4 is 29.9 Å². The maximum Gasteiger partial charge on any atom is 0.191 e. The first kappa shape index (κ1) is 21.4. The second kappa shape index (κ2) is 11.0. The Hall–Kier alpha value is -2.36. The molecule has 0 saturated heterocycles. The van der Waals surface area contributed by atoms with E-state index in [2.05, 4.69) is 45.0 Å². The molecule has 0 fully saturated rings. The number of hydrogen-bond donors (Lipinski definition) is 2. The van der Waals surface area contributed by atoms with Gasteiger partial charge in [0.2, 0.25) is 0 Å². The summed E-state index contributed by atoms with van der Waals surface area (Å²) >= 11 is 0. The number of rotatable bonds is 7. The maximum atomic E-state index is 5.41. The molecule has 154 valence electrons. The van der Waals surface area contributed by atoms with E-state index in [1.165, 1.54) is 5.56 Å². The molecule has 0 spiro atoms. The van der Waals surface area contributed by atoms with Gasteiger partial charge >= 0.3 is 0 Å². The highest BCUT2D eigenvalue weighted by Gasteiger charge is 2.20. The Bertz CT molecular complexity index is 878. The van der Waals surface area contributed by atoms with E-state index in [0.29, 0.717) is 12.6 Å². The highest BCUT2D eigenvalue weighted by molar-refractivity contribution is 14.0. The SMILES string of the molecule is I.c1ccc(CCNC(=NCCc2ccco2)NC2CCc3ncnn3C2)cc1. The summed E-state index contributed by atoms with van der Waals surface area (Å²) in [7, 11) is 0. The minimum absolute atomic E-state index is 0. The van der Waals surface area contributed by atoms with Crippen LogP contribution in [-0.2, 0) is 25.8 Å². The quantitative estimate of drug-likeness (QED) is 0.293. The highest BCUT2D eigenvalue weighted by atomic mass is 127. The van der Waals surface area contributed by atoms with Gasteiger partial charge in [-0.1, -0.05) is 30.3 Å². The van der Waals surface area contributed by atoms with Crippen LogP contribution in [0.1, 0.15) is 23.6 Å². The van der Waals surface area contributed by atoms with Crippen molar-refractivity contribution in [1.82, 2.24) is 25.4 Å². The molecule has 29 heavy (non-hydrogen) atoms. The Morgan fingerprint density at radius 2 is 2.07 bits per heavy atom. The molecule has 0 radical (unpaired) electrons. The zero-order valence-corrected chi connectivity index (χ0v) is 18.7. The van der Waals surface area contributed by atoms with Crippen molar-refractivity contribution in [3.05, 3.63) is 72.2 Å². The van der Waals surface area contributed by atoms with E-state index in [4.69, 9.17) is 9.41 Å². The molecule has 0 bridgehead atoms. The summed E-state index contributed by atoms with van der Waals surface area (Å²) in [5.41, 5.74) is 1.31. The largest absolute Gasteiger partial charge is 0.469 e. The van der Waals surface area contributed by atoms with Crippen LogP contribution in [0.2, 0.25) is 0 Å². The Balaban J connectivity index is 0.00000240. The fraction of sp³-hybridized carbons (Fsp3) is 0.381. The number of hydrogen-bond acceptors (Lipinski definition) is 4. The van der Waals surface area contributed by atoms with Crippen molar-refractivity contribution in [3.8, 4) is 0 Å². The molecule has 1 atom stereocenters. The van der Waals surface area contributed by atoms with Gasteiger partial charge in [-0.05, 0) is 30.5 Å². The first-order chi connectivity index (χ1) is 13.9. The van der Waals surface area contributed by atoms with E-state index in [0.717, 1.165) is 56.3 Å². The number of nitrogens with one attached hydrogen (secondary N) is 2. The van der Waals surface area contributed by atoms with Crippen LogP contribution < -0.4 is 10.6 Å². The Morgan fingerprint density at radius 1 is 1.17 bits per heavy atom. The number of fused-ring (bicyclic) bond motifs is 1. The number of guanidine groups is 1. The zero-order chi connectivity index (χ0) is 19.0. The Morgan fingerprint density at radius 3 is 2.90 bits per heavy atom. The van der Waals surface area contributed by atoms with Gasteiger partial charge in [-0.25, -0.2) is 9.67 Å². The van der Waals surface area contributed by atoms with Gasteiger partial charge in [0.15, 0.2) is 5.96 Å². The summed E-state index contributed by atoms with van der Waals surface area (Å²) in [4.78, 5) is 9.06. The molecule has 1 unspecified atom stereocenters. The second-order valence-corrected chi connectivity index (χ2v) is 6.96. The Kier molecular flexibility index (Phi) is 8.09. The van der Waals surface area contributed by atoms with E-state index >= 15 is 0 Å². The molecule has 7 nitrogen and oxygen atoms in total. The average Bonchev–Trinajstić information content (AvgIpc) is 3.40. The fourth-order valence-electron chi connectivity index (χ4n) is 3.40. The molecule has 0 saturated carbocycles. The zero-order valence-electron chi connectivity index (χ0n) is 16.3. The van der Waals surface area contributed by atoms with Crippen LogP contribution >= 0.6 is 24.0 Å². The number of aromatic nitrogens is 3. The van der Waals surface area contributed by atoms with Crippen LogP contribution in [0.4, 0.5) is 0 Å². The van der Waals surface area contributed by atoms with E-state index in [1.807, 2.05) is 22.9 Å². The molecule has 8 heteroatoms. The van der Waals surface area contributed by atoms with Crippen LogP contribution in [0.5, 0.6) is 0 Å². The molecule has 2 N–H and O–H groups in total. The van der Waals surface area contributed by atoms with Crippen molar-refractivity contribution in [2.75, 3.05) is 13.1 Å². The van der Waals surface area contributed by atoms with E-state index in [9.17, 15) is 0 Å². The van der Waals surface area contributed by atoms with Gasteiger partial charge in [0.25, 0.3) is 0 Å². The Labute approximate surface area is 188 Å². The van der Waals surface area contributed by atoms with Crippen LogP contribution in [-0.4, -0.2) is 39.9 Å². The summed E-state index contributed by atoms with van der Waals surface area (Å²) < 4.78 is 7.38. The van der Waals surface area contributed by atoms with Crippen molar-refractivity contribution < 1.29 is 4.42 Å². The van der Waals surface area contributed by atoms with E-state index in [-0.39, 0.29) is 24.0 Å². The lowest BCUT2D eigenvalue weighted by atomic mass is 10.1. The van der Waals surface area contributed by atoms with Crippen LogP contribution in [0.3, 0.4) is 0 Å². The van der Waals surface area contributed by atoms with Crippen LogP contribution in [0, 0.1) is 0 Å². The number of aliphatic imine (C=N–C) groups is 1. The molecule has 0 aliphatic carbocycles. The normalized spacial score (nSPS) is 16.0. The highest BCUT2D eigenvalue weighted by Crippen LogP contribution is 2.11. The number of aryl methyl sites for hydroxylation is 1. The van der Waals surface area contributed by atoms with Gasteiger partial charge in [-0.2, -0.15) is 5.10 Å². The standard InChI is InChI=1S/C21H26N6O.HI/c1-2-5-17(6-3-1)10-12-22-21(23-13-11-19-7-4-14-28-19)26-18-8-9-20-24-16-25-27(20)15-18;/h1-7,14,16,18H,8-13,15H2,(H2,22,23,26);1H. The van der Waals surface area contributed by atoms with Gasteiger partial charge in [-0.15, -0.1) is 24.0 Å². The molecular formula is C21H27IN6O. The lowest BCUT2D eigenvalue weighted by Gasteiger charge is -2.25. The molecule has 1 aliphatic heterocycles. The molecule has 3 heterocycles. The number of halogens is 1. The lowest BCUT2D eigenvalue weighted by molar-refractivity contribution is 0.392. The molecular weight excluding hydrogens is 479 g/mol. The third kappa shape index (κ3) is 6.31. The van der Waals surface area contributed by atoms with Gasteiger partial charge in [0, 0.05) is 32.0 Å². The van der Waals surface area contributed by atoms with Gasteiger partial charge in [0.05, 0.1) is 12.8 Å². The second-order valence-electron chi connectivity index (χ2n) is 6.96. The summed E-state index contributed by atoms with van der Waals surface area (Å²) in [5, 5.41) is 11.4. The van der Waals surface area contributed by atoms with Gasteiger partial charge in [-0.3, -0.25) is 4.99 Å². The summed E-state index contributed by atoms with van der Waals surface area (Å²) in [5.74, 6) is 2.86. The third-order valence-corrected chi connectivity index (χ3v) is 4.90. The number of benzene rings is 1. The number of furan rings is 1. The predicted octanol–water partition coefficient (Wildman–Crippen LogP) is 2.82. The topological polar surface area (TPSA) is 80.3 Å². The predicted molar refractivity (Wildman–Crippen MR) is 124 cm³/mol. The first-order valence-corrected chi connectivity index (χ1v) is 9.84. The minimum Gasteiger partial charge on any atom is -0.469 e. The first-order valence-electron chi connectivity index (χ1n) is 9.84. The third-order valence-electron chi connectivity index (χ3n) is 4.90. The molecule has 2 aromatic heterocycles. The van der Waals surface area contributed by atoms with Crippen molar-refractivity contribution in [3.63, 3.8) is 0 Å². The molecule has 1 aliphatic rings.